The summed E-state index contributed by atoms with van der Waals surface area (Å²) in [6, 6.07) is 60.6. The molecule has 1 spiro atoms. The van der Waals surface area contributed by atoms with Crippen molar-refractivity contribution in [3.8, 4) is 73.4 Å². The van der Waals surface area contributed by atoms with E-state index in [4.69, 9.17) is 9.97 Å². The van der Waals surface area contributed by atoms with Crippen LogP contribution in [-0.4, -0.2) is 9.97 Å². The van der Waals surface area contributed by atoms with Gasteiger partial charge < -0.3 is 0 Å². The summed E-state index contributed by atoms with van der Waals surface area (Å²) < 4.78 is 0. The number of nitrogens with zero attached hydrogens (tertiary/aromatic N) is 3. The fourth-order valence-corrected chi connectivity index (χ4v) is 9.13. The van der Waals surface area contributed by atoms with Gasteiger partial charge in [0.25, 0.3) is 0 Å². The largest absolute Gasteiger partial charge is 0.228 e. The fourth-order valence-electron chi connectivity index (χ4n) is 9.13. The molecule has 7 aromatic carbocycles. The molecule has 0 unspecified atom stereocenters. The Labute approximate surface area is 316 Å². The molecular formula is C51H37N3. The van der Waals surface area contributed by atoms with Crippen LogP contribution in [0.3, 0.4) is 0 Å². The molecule has 1 fully saturated rings. The van der Waals surface area contributed by atoms with Crippen molar-refractivity contribution in [3.05, 3.63) is 180 Å². The number of nitriles is 1. The average molecular weight is 692 g/mol. The van der Waals surface area contributed by atoms with Crippen molar-refractivity contribution in [2.75, 3.05) is 0 Å². The zero-order chi connectivity index (χ0) is 36.1. The third-order valence-electron chi connectivity index (χ3n) is 11.8. The Morgan fingerprint density at radius 1 is 0.426 bits per heavy atom. The van der Waals surface area contributed by atoms with Gasteiger partial charge in [0.2, 0.25) is 0 Å². The fraction of sp³-hybridized carbons (Fsp3) is 0.118. The predicted octanol–water partition coefficient (Wildman–Crippen LogP) is 13.1. The average Bonchev–Trinajstić information content (AvgIpc) is 3.51. The van der Waals surface area contributed by atoms with E-state index in [1.165, 1.54) is 74.5 Å². The maximum absolute atomic E-state index is 9.73. The predicted molar refractivity (Wildman–Crippen MR) is 221 cm³/mol. The minimum absolute atomic E-state index is 0.0256. The van der Waals surface area contributed by atoms with E-state index in [2.05, 4.69) is 127 Å². The van der Waals surface area contributed by atoms with E-state index in [1.807, 2.05) is 42.5 Å². The van der Waals surface area contributed by atoms with Gasteiger partial charge >= 0.3 is 0 Å². The first-order chi connectivity index (χ1) is 26.7. The van der Waals surface area contributed by atoms with E-state index in [0.717, 1.165) is 52.3 Å². The molecule has 8 aromatic rings. The Morgan fingerprint density at radius 3 is 1.65 bits per heavy atom. The topological polar surface area (TPSA) is 49.6 Å². The summed E-state index contributed by atoms with van der Waals surface area (Å²) in [5.74, 6) is 0.717. The third-order valence-corrected chi connectivity index (χ3v) is 11.8. The van der Waals surface area contributed by atoms with Crippen LogP contribution in [0.4, 0.5) is 0 Å². The van der Waals surface area contributed by atoms with Gasteiger partial charge in [-0.1, -0.05) is 159 Å². The van der Waals surface area contributed by atoms with Crippen LogP contribution in [0.25, 0.3) is 78.1 Å². The van der Waals surface area contributed by atoms with Crippen LogP contribution in [0, 0.1) is 11.3 Å². The van der Waals surface area contributed by atoms with E-state index in [0.29, 0.717) is 0 Å². The molecule has 10 rings (SSSR count). The molecule has 1 aromatic heterocycles. The van der Waals surface area contributed by atoms with Crippen LogP contribution in [0.5, 0.6) is 0 Å². The van der Waals surface area contributed by atoms with Crippen LogP contribution < -0.4 is 0 Å². The number of aromatic nitrogens is 2. The molecule has 0 aliphatic heterocycles. The van der Waals surface area contributed by atoms with E-state index in [9.17, 15) is 5.26 Å². The van der Waals surface area contributed by atoms with E-state index >= 15 is 0 Å². The second kappa shape index (κ2) is 13.1. The van der Waals surface area contributed by atoms with Crippen LogP contribution in [0.2, 0.25) is 0 Å². The lowest BCUT2D eigenvalue weighted by atomic mass is 9.67. The summed E-state index contributed by atoms with van der Waals surface area (Å²) in [6.45, 7) is 0. The second-order valence-corrected chi connectivity index (χ2v) is 14.8. The molecular weight excluding hydrogens is 655 g/mol. The summed E-state index contributed by atoms with van der Waals surface area (Å²) in [4.78, 5) is 10.0. The highest BCUT2D eigenvalue weighted by Gasteiger charge is 2.44. The zero-order valence-electron chi connectivity index (χ0n) is 30.0. The van der Waals surface area contributed by atoms with E-state index in [1.54, 1.807) is 0 Å². The summed E-state index contributed by atoms with van der Waals surface area (Å²) in [5.41, 5.74) is 15.9. The number of fused-ring (bicyclic) bond motifs is 6. The quantitative estimate of drug-likeness (QED) is 0.180. The van der Waals surface area contributed by atoms with Crippen molar-refractivity contribution in [2.45, 2.75) is 37.5 Å². The Kier molecular flexibility index (Phi) is 7.77. The highest BCUT2D eigenvalue weighted by atomic mass is 14.9. The van der Waals surface area contributed by atoms with Crippen LogP contribution >= 0.6 is 0 Å². The second-order valence-electron chi connectivity index (χ2n) is 14.8. The van der Waals surface area contributed by atoms with Crippen molar-refractivity contribution >= 4 is 10.8 Å². The lowest BCUT2D eigenvalue weighted by Gasteiger charge is -2.36. The van der Waals surface area contributed by atoms with Gasteiger partial charge in [0, 0.05) is 22.1 Å². The number of hydrogen-bond donors (Lipinski definition) is 0. The monoisotopic (exact) mass is 691 g/mol. The number of hydrogen-bond acceptors (Lipinski definition) is 3. The summed E-state index contributed by atoms with van der Waals surface area (Å²) in [7, 11) is 0. The van der Waals surface area contributed by atoms with Gasteiger partial charge in [-0.25, -0.2) is 9.97 Å². The van der Waals surface area contributed by atoms with Gasteiger partial charge in [0.15, 0.2) is 5.82 Å². The minimum Gasteiger partial charge on any atom is -0.228 e. The van der Waals surface area contributed by atoms with Gasteiger partial charge in [-0.3, -0.25) is 0 Å². The van der Waals surface area contributed by atoms with Gasteiger partial charge in [-0.05, 0) is 92.4 Å². The lowest BCUT2D eigenvalue weighted by Crippen LogP contribution is -2.28. The number of benzene rings is 7. The van der Waals surface area contributed by atoms with Gasteiger partial charge in [-0.15, -0.1) is 0 Å². The first-order valence-corrected chi connectivity index (χ1v) is 19.0. The highest BCUT2D eigenvalue weighted by molar-refractivity contribution is 6.05. The first kappa shape index (κ1) is 32.1. The third kappa shape index (κ3) is 5.34. The Bertz CT molecular complexity index is 2680. The molecule has 1 saturated carbocycles. The minimum atomic E-state index is 0.0256. The lowest BCUT2D eigenvalue weighted by molar-refractivity contribution is 0.353. The van der Waals surface area contributed by atoms with Gasteiger partial charge in [0.05, 0.1) is 23.0 Å². The summed E-state index contributed by atoms with van der Waals surface area (Å²) in [5, 5.41) is 12.2. The molecule has 0 bridgehead atoms. The summed E-state index contributed by atoms with van der Waals surface area (Å²) >= 11 is 0. The molecule has 2 aliphatic rings. The van der Waals surface area contributed by atoms with Crippen LogP contribution in [0.15, 0.2) is 164 Å². The molecule has 3 heteroatoms. The molecule has 0 radical (unpaired) electrons. The molecule has 0 atom stereocenters. The summed E-state index contributed by atoms with van der Waals surface area (Å²) in [6.07, 6.45) is 6.08. The van der Waals surface area contributed by atoms with Crippen molar-refractivity contribution in [1.29, 1.82) is 5.26 Å². The maximum atomic E-state index is 9.73. The highest BCUT2D eigenvalue weighted by Crippen LogP contribution is 2.56. The van der Waals surface area contributed by atoms with Crippen molar-refractivity contribution < 1.29 is 0 Å². The Hall–Kier alpha value is -6.63. The van der Waals surface area contributed by atoms with Crippen LogP contribution in [-0.2, 0) is 5.41 Å². The van der Waals surface area contributed by atoms with Crippen molar-refractivity contribution in [3.63, 3.8) is 0 Å². The Balaban J connectivity index is 1.04. The van der Waals surface area contributed by atoms with Gasteiger partial charge in [0.1, 0.15) is 0 Å². The van der Waals surface area contributed by atoms with Gasteiger partial charge in [-0.2, -0.15) is 5.26 Å². The molecule has 0 N–H and O–H groups in total. The molecule has 54 heavy (non-hydrogen) atoms. The normalized spacial score (nSPS) is 14.1. The smallest absolute Gasteiger partial charge is 0.160 e. The molecule has 0 amide bonds. The van der Waals surface area contributed by atoms with Crippen LogP contribution in [0.1, 0.15) is 48.8 Å². The SMILES string of the molecule is N#Cc1ccc2c(c1)-c1ccc(-c3ccc(-c4ccc(-c5cc(-c6ccccc6)nc(-c6ccccc6)n5)cc4)c4ccccc34)cc1C21CCCCC1. The Morgan fingerprint density at radius 2 is 0.981 bits per heavy atom. The number of rotatable bonds is 5. The molecule has 0 saturated heterocycles. The standard InChI is InChI=1S/C51H37N3/c52-33-34-18-27-46-45(30-34)44-24-23-39(31-47(44)51(46)28-10-3-11-29-51)41-26-25-40(42-16-8-9-17-43(41)42)35-19-21-37(22-20-35)49-32-48(36-12-4-1-5-13-36)53-50(54-49)38-14-6-2-7-15-38/h1-2,4-9,12-27,30-32H,3,10-11,28-29H2. The maximum Gasteiger partial charge on any atom is 0.160 e. The molecule has 256 valence electrons. The first-order valence-electron chi connectivity index (χ1n) is 19.0. The van der Waals surface area contributed by atoms with E-state index < -0.39 is 0 Å². The molecule has 3 nitrogen and oxygen atoms in total. The molecule has 1 heterocycles. The molecule has 2 aliphatic carbocycles. The zero-order valence-corrected chi connectivity index (χ0v) is 30.0. The van der Waals surface area contributed by atoms with Crippen molar-refractivity contribution in [1.82, 2.24) is 9.97 Å². The van der Waals surface area contributed by atoms with E-state index in [-0.39, 0.29) is 5.41 Å². The van der Waals surface area contributed by atoms with Crippen molar-refractivity contribution in [2.24, 2.45) is 0 Å².